The number of aromatic nitrogens is 1. The average Bonchev–Trinajstić information content (AvgIpc) is 3.00. The second-order valence-electron chi connectivity index (χ2n) is 5.48. The molecular weight excluding hydrogens is 392 g/mol. The minimum absolute atomic E-state index is 0.188. The van der Waals surface area contributed by atoms with Crippen LogP contribution >= 0.6 is 0 Å². The van der Waals surface area contributed by atoms with Crippen molar-refractivity contribution in [2.75, 3.05) is 4.72 Å². The van der Waals surface area contributed by atoms with Gasteiger partial charge < -0.3 is 10.1 Å². The Morgan fingerprint density at radius 1 is 1.15 bits per heavy atom. The number of aromatic amines is 1. The van der Waals surface area contributed by atoms with Crippen LogP contribution in [0.4, 0.5) is 23.2 Å². The third-order valence-electron chi connectivity index (χ3n) is 3.72. The number of anilines is 1. The van der Waals surface area contributed by atoms with Crippen molar-refractivity contribution < 1.29 is 35.9 Å². The standard InChI is InChI=1S/C16H10F4N2O4S/c17-11-2-1-3-12-14(11)13(7-21-12)27(25,26)22-8-4-5-9(15(23)24)10(6-8)16(18,19)20/h1-7,21-22H,(H,23,24). The molecule has 142 valence electrons. The van der Waals surface area contributed by atoms with E-state index in [1.807, 2.05) is 4.72 Å². The Bertz CT molecular complexity index is 1150. The van der Waals surface area contributed by atoms with E-state index in [0.717, 1.165) is 18.3 Å². The summed E-state index contributed by atoms with van der Waals surface area (Å²) in [4.78, 5) is 13.0. The Morgan fingerprint density at radius 3 is 2.48 bits per heavy atom. The van der Waals surface area contributed by atoms with E-state index in [4.69, 9.17) is 5.11 Å². The normalized spacial score (nSPS) is 12.3. The molecule has 0 unspecified atom stereocenters. The smallest absolute Gasteiger partial charge is 0.417 e. The van der Waals surface area contributed by atoms with Crippen LogP contribution in [0.1, 0.15) is 15.9 Å². The van der Waals surface area contributed by atoms with Gasteiger partial charge in [-0.15, -0.1) is 0 Å². The highest BCUT2D eigenvalue weighted by molar-refractivity contribution is 7.93. The summed E-state index contributed by atoms with van der Waals surface area (Å²) < 4.78 is 80.1. The molecule has 0 aliphatic carbocycles. The van der Waals surface area contributed by atoms with Crippen molar-refractivity contribution in [1.82, 2.24) is 4.98 Å². The van der Waals surface area contributed by atoms with Crippen molar-refractivity contribution in [3.63, 3.8) is 0 Å². The van der Waals surface area contributed by atoms with Crippen molar-refractivity contribution in [2.45, 2.75) is 11.1 Å². The Labute approximate surface area is 149 Å². The lowest BCUT2D eigenvalue weighted by Crippen LogP contribution is -2.16. The van der Waals surface area contributed by atoms with E-state index in [-0.39, 0.29) is 10.9 Å². The van der Waals surface area contributed by atoms with Gasteiger partial charge in [-0.3, -0.25) is 4.72 Å². The van der Waals surface area contributed by atoms with Gasteiger partial charge in [0.1, 0.15) is 10.7 Å². The van der Waals surface area contributed by atoms with Crippen LogP contribution in [0, 0.1) is 5.82 Å². The average molecular weight is 402 g/mol. The van der Waals surface area contributed by atoms with Gasteiger partial charge >= 0.3 is 12.1 Å². The number of carbonyl (C=O) groups is 1. The van der Waals surface area contributed by atoms with E-state index in [1.165, 1.54) is 12.1 Å². The molecule has 0 radical (unpaired) electrons. The summed E-state index contributed by atoms with van der Waals surface area (Å²) in [6.07, 6.45) is -4.01. The predicted molar refractivity (Wildman–Crippen MR) is 87.5 cm³/mol. The van der Waals surface area contributed by atoms with Gasteiger partial charge in [0.15, 0.2) is 0 Å². The second kappa shape index (κ2) is 6.27. The maximum absolute atomic E-state index is 14.0. The lowest BCUT2D eigenvalue weighted by atomic mass is 10.1. The van der Waals surface area contributed by atoms with Gasteiger partial charge in [0.05, 0.1) is 16.5 Å². The Hall–Kier alpha value is -3.08. The molecule has 0 amide bonds. The molecule has 0 atom stereocenters. The molecule has 0 saturated carbocycles. The van der Waals surface area contributed by atoms with Crippen LogP contribution in [0.2, 0.25) is 0 Å². The molecule has 0 fully saturated rings. The molecular formula is C16H10F4N2O4S. The first kappa shape index (κ1) is 18.7. The molecule has 1 heterocycles. The molecule has 0 spiro atoms. The van der Waals surface area contributed by atoms with Crippen LogP contribution in [0.15, 0.2) is 47.5 Å². The number of rotatable bonds is 4. The highest BCUT2D eigenvalue weighted by Crippen LogP contribution is 2.35. The van der Waals surface area contributed by atoms with Crippen molar-refractivity contribution in [3.8, 4) is 0 Å². The van der Waals surface area contributed by atoms with Crippen LogP contribution in [-0.2, 0) is 16.2 Å². The van der Waals surface area contributed by atoms with Crippen LogP contribution in [0.25, 0.3) is 10.9 Å². The van der Waals surface area contributed by atoms with Gasteiger partial charge in [-0.2, -0.15) is 13.2 Å². The first-order valence-electron chi connectivity index (χ1n) is 7.23. The van der Waals surface area contributed by atoms with Gasteiger partial charge in [-0.25, -0.2) is 17.6 Å². The fraction of sp³-hybridized carbons (Fsp3) is 0.0625. The second-order valence-corrected chi connectivity index (χ2v) is 7.13. The maximum Gasteiger partial charge on any atom is 0.417 e. The zero-order chi connectivity index (χ0) is 20.0. The quantitative estimate of drug-likeness (QED) is 0.578. The molecule has 1 aromatic heterocycles. The molecule has 3 aromatic rings. The number of carboxylic acid groups (broad SMARTS) is 1. The first-order valence-corrected chi connectivity index (χ1v) is 8.72. The third-order valence-corrected chi connectivity index (χ3v) is 5.12. The predicted octanol–water partition coefficient (Wildman–Crippen LogP) is 3.82. The van der Waals surface area contributed by atoms with Crippen LogP contribution < -0.4 is 4.72 Å². The van der Waals surface area contributed by atoms with Gasteiger partial charge in [-0.1, -0.05) is 6.07 Å². The lowest BCUT2D eigenvalue weighted by molar-refractivity contribution is -0.138. The Balaban J connectivity index is 2.07. The number of benzene rings is 2. The summed E-state index contributed by atoms with van der Waals surface area (Å²) in [5.41, 5.74) is -2.87. The molecule has 0 bridgehead atoms. The summed E-state index contributed by atoms with van der Waals surface area (Å²) in [6, 6.07) is 5.71. The summed E-state index contributed by atoms with van der Waals surface area (Å²) in [5.74, 6) is -2.64. The number of nitrogens with one attached hydrogen (secondary N) is 2. The largest absolute Gasteiger partial charge is 0.478 e. The molecule has 2 aromatic carbocycles. The van der Waals surface area contributed by atoms with E-state index in [2.05, 4.69) is 4.98 Å². The summed E-state index contributed by atoms with van der Waals surface area (Å²) in [7, 11) is -4.45. The molecule has 6 nitrogen and oxygen atoms in total. The van der Waals surface area contributed by atoms with Gasteiger partial charge in [0.25, 0.3) is 10.0 Å². The third kappa shape index (κ3) is 3.45. The summed E-state index contributed by atoms with van der Waals surface area (Å²) in [5, 5.41) is 8.62. The minimum atomic E-state index is -5.01. The topological polar surface area (TPSA) is 99.3 Å². The molecule has 0 aliphatic heterocycles. The van der Waals surface area contributed by atoms with Gasteiger partial charge in [0.2, 0.25) is 0 Å². The van der Waals surface area contributed by atoms with E-state index < -0.39 is 49.7 Å². The summed E-state index contributed by atoms with van der Waals surface area (Å²) >= 11 is 0. The molecule has 0 aliphatic rings. The fourth-order valence-electron chi connectivity index (χ4n) is 2.56. The van der Waals surface area contributed by atoms with Crippen molar-refractivity contribution in [2.24, 2.45) is 0 Å². The molecule has 11 heteroatoms. The number of hydrogen-bond acceptors (Lipinski definition) is 3. The lowest BCUT2D eigenvalue weighted by Gasteiger charge is -2.13. The number of aromatic carboxylic acids is 1. The first-order chi connectivity index (χ1) is 12.5. The Kier molecular flexibility index (Phi) is 4.34. The van der Waals surface area contributed by atoms with E-state index in [0.29, 0.717) is 12.1 Å². The zero-order valence-electron chi connectivity index (χ0n) is 13.1. The van der Waals surface area contributed by atoms with Crippen molar-refractivity contribution in [3.05, 3.63) is 59.5 Å². The van der Waals surface area contributed by atoms with E-state index >= 15 is 0 Å². The van der Waals surface area contributed by atoms with Crippen LogP contribution in [0.3, 0.4) is 0 Å². The molecule has 27 heavy (non-hydrogen) atoms. The van der Waals surface area contributed by atoms with Gasteiger partial charge in [0, 0.05) is 17.4 Å². The monoisotopic (exact) mass is 402 g/mol. The number of alkyl halides is 3. The number of fused-ring (bicyclic) bond motifs is 1. The Morgan fingerprint density at radius 2 is 1.85 bits per heavy atom. The minimum Gasteiger partial charge on any atom is -0.478 e. The molecule has 3 N–H and O–H groups in total. The number of H-pyrrole nitrogens is 1. The number of hydrogen-bond donors (Lipinski definition) is 3. The number of sulfonamides is 1. The number of halogens is 4. The van der Waals surface area contributed by atoms with Crippen LogP contribution in [0.5, 0.6) is 0 Å². The highest BCUT2D eigenvalue weighted by Gasteiger charge is 2.36. The SMILES string of the molecule is O=C(O)c1ccc(NS(=O)(=O)c2c[nH]c3cccc(F)c23)cc1C(F)(F)F. The fourth-order valence-corrected chi connectivity index (χ4v) is 3.80. The van der Waals surface area contributed by atoms with Crippen molar-refractivity contribution in [1.29, 1.82) is 0 Å². The maximum atomic E-state index is 14.0. The van der Waals surface area contributed by atoms with Crippen molar-refractivity contribution >= 4 is 32.6 Å². The summed E-state index contributed by atoms with van der Waals surface area (Å²) in [6.45, 7) is 0. The van der Waals surface area contributed by atoms with Crippen LogP contribution in [-0.4, -0.2) is 24.5 Å². The highest BCUT2D eigenvalue weighted by atomic mass is 32.2. The van der Waals surface area contributed by atoms with E-state index in [9.17, 15) is 30.8 Å². The number of carboxylic acids is 1. The van der Waals surface area contributed by atoms with E-state index in [1.54, 1.807) is 0 Å². The zero-order valence-corrected chi connectivity index (χ0v) is 14.0. The van der Waals surface area contributed by atoms with Gasteiger partial charge in [-0.05, 0) is 30.3 Å². The molecule has 3 rings (SSSR count). The molecule has 0 saturated heterocycles.